The van der Waals surface area contributed by atoms with E-state index in [9.17, 15) is 14.4 Å². The zero-order valence-electron chi connectivity index (χ0n) is 16.3. The molecule has 0 saturated heterocycles. The molecular formula is C21H18N2O4S3. The average Bonchev–Trinajstić information content (AvgIpc) is 3.48. The van der Waals surface area contributed by atoms with Gasteiger partial charge in [-0.25, -0.2) is 14.8 Å². The van der Waals surface area contributed by atoms with Crippen molar-refractivity contribution in [2.24, 2.45) is 9.98 Å². The molecule has 0 radical (unpaired) electrons. The van der Waals surface area contributed by atoms with Gasteiger partial charge in [-0.05, 0) is 37.6 Å². The van der Waals surface area contributed by atoms with E-state index in [2.05, 4.69) is 9.98 Å². The van der Waals surface area contributed by atoms with Crippen LogP contribution in [0.25, 0.3) is 0 Å². The van der Waals surface area contributed by atoms with Gasteiger partial charge in [0, 0.05) is 27.7 Å². The third-order valence-electron chi connectivity index (χ3n) is 3.95. The Morgan fingerprint density at radius 1 is 0.867 bits per heavy atom. The van der Waals surface area contributed by atoms with Crippen LogP contribution in [-0.4, -0.2) is 37.6 Å². The number of thiophene rings is 3. The Hall–Kier alpha value is -2.75. The maximum absolute atomic E-state index is 12.6. The maximum Gasteiger partial charge on any atom is 0.341 e. The molecule has 3 rings (SSSR count). The van der Waals surface area contributed by atoms with E-state index >= 15 is 0 Å². The fraction of sp³-hybridized carbons (Fsp3) is 0.190. The fourth-order valence-electron chi connectivity index (χ4n) is 2.62. The van der Waals surface area contributed by atoms with Crippen molar-refractivity contribution < 1.29 is 19.1 Å². The molecule has 0 bridgehead atoms. The Kier molecular flexibility index (Phi) is 7.56. The number of rotatable bonds is 9. The van der Waals surface area contributed by atoms with Gasteiger partial charge in [0.05, 0.1) is 16.4 Å². The standard InChI is InChI=1S/C21H18N2O4S3/c1-3-17-18(21(26)27-4-2)20(23-10-14-6-8-16(12-25)29-14)30-19(17)22-9-13-5-7-15(11-24)28-13/h5-12H,3-4H2,1-2H3/b22-9+,23-10+. The molecule has 0 aliphatic carbocycles. The first-order valence-electron chi connectivity index (χ1n) is 9.10. The van der Waals surface area contributed by atoms with Gasteiger partial charge in [0.2, 0.25) is 0 Å². The highest BCUT2D eigenvalue weighted by molar-refractivity contribution is 7.20. The van der Waals surface area contributed by atoms with Crippen LogP contribution in [0.1, 0.15) is 58.9 Å². The molecule has 9 heteroatoms. The second kappa shape index (κ2) is 10.3. The van der Waals surface area contributed by atoms with Crippen LogP contribution >= 0.6 is 34.0 Å². The van der Waals surface area contributed by atoms with Crippen LogP contribution in [0.5, 0.6) is 0 Å². The van der Waals surface area contributed by atoms with Crippen molar-refractivity contribution in [3.63, 3.8) is 0 Å². The van der Waals surface area contributed by atoms with Crippen molar-refractivity contribution in [1.82, 2.24) is 0 Å². The number of aldehydes is 2. The van der Waals surface area contributed by atoms with E-state index < -0.39 is 5.97 Å². The van der Waals surface area contributed by atoms with Crippen LogP contribution in [-0.2, 0) is 11.2 Å². The molecule has 0 fully saturated rings. The quantitative estimate of drug-likeness (QED) is 0.233. The van der Waals surface area contributed by atoms with E-state index in [0.29, 0.717) is 31.7 Å². The van der Waals surface area contributed by atoms with Crippen LogP contribution < -0.4 is 0 Å². The van der Waals surface area contributed by atoms with Gasteiger partial charge in [-0.15, -0.1) is 22.7 Å². The zero-order valence-corrected chi connectivity index (χ0v) is 18.7. The van der Waals surface area contributed by atoms with Crippen molar-refractivity contribution in [2.45, 2.75) is 20.3 Å². The molecule has 30 heavy (non-hydrogen) atoms. The summed E-state index contributed by atoms with van der Waals surface area (Å²) in [6.07, 6.45) is 5.50. The SMILES string of the molecule is CCOC(=O)c1c(/N=C/c2ccc(C=O)s2)sc(/N=C/c2ccc(C=O)s2)c1CC. The molecule has 0 amide bonds. The smallest absolute Gasteiger partial charge is 0.341 e. The molecule has 0 aliphatic rings. The molecule has 0 aliphatic heterocycles. The van der Waals surface area contributed by atoms with Gasteiger partial charge in [0.1, 0.15) is 15.6 Å². The first-order chi connectivity index (χ1) is 14.6. The lowest BCUT2D eigenvalue weighted by Crippen LogP contribution is -2.06. The van der Waals surface area contributed by atoms with E-state index in [4.69, 9.17) is 4.74 Å². The van der Waals surface area contributed by atoms with E-state index in [-0.39, 0.29) is 6.61 Å². The first-order valence-corrected chi connectivity index (χ1v) is 11.6. The number of aliphatic imine (C=N–C) groups is 2. The van der Waals surface area contributed by atoms with Gasteiger partial charge in [-0.1, -0.05) is 18.3 Å². The van der Waals surface area contributed by atoms with E-state index in [1.165, 1.54) is 34.0 Å². The summed E-state index contributed by atoms with van der Waals surface area (Å²) < 4.78 is 5.24. The highest BCUT2D eigenvalue weighted by Crippen LogP contribution is 2.42. The van der Waals surface area contributed by atoms with Crippen LogP contribution in [0.3, 0.4) is 0 Å². The van der Waals surface area contributed by atoms with Crippen molar-refractivity contribution >= 4 is 75.0 Å². The van der Waals surface area contributed by atoms with Gasteiger partial charge in [0.15, 0.2) is 12.6 Å². The number of hydrogen-bond acceptors (Lipinski definition) is 9. The second-order valence-electron chi connectivity index (χ2n) is 5.87. The predicted octanol–water partition coefficient (Wildman–Crippen LogP) is 5.74. The normalized spacial score (nSPS) is 11.4. The Labute approximate surface area is 185 Å². The van der Waals surface area contributed by atoms with E-state index in [0.717, 1.165) is 27.9 Å². The van der Waals surface area contributed by atoms with Gasteiger partial charge < -0.3 is 4.74 Å². The summed E-state index contributed by atoms with van der Waals surface area (Å²) in [6, 6.07) is 7.09. The Bertz CT molecular complexity index is 1120. The Morgan fingerprint density at radius 2 is 1.40 bits per heavy atom. The third kappa shape index (κ3) is 5.05. The molecule has 0 unspecified atom stereocenters. The maximum atomic E-state index is 12.6. The highest BCUT2D eigenvalue weighted by Gasteiger charge is 2.23. The Balaban J connectivity index is 2.00. The number of nitrogens with zero attached hydrogens (tertiary/aromatic N) is 2. The molecule has 0 saturated carbocycles. The number of ether oxygens (including phenoxy) is 1. The lowest BCUT2D eigenvalue weighted by atomic mass is 10.1. The minimum absolute atomic E-state index is 0.261. The Morgan fingerprint density at radius 3 is 1.87 bits per heavy atom. The molecule has 0 atom stereocenters. The van der Waals surface area contributed by atoms with Crippen molar-refractivity contribution in [3.8, 4) is 0 Å². The predicted molar refractivity (Wildman–Crippen MR) is 124 cm³/mol. The largest absolute Gasteiger partial charge is 0.462 e. The summed E-state index contributed by atoms with van der Waals surface area (Å²) in [5, 5.41) is 1.19. The van der Waals surface area contributed by atoms with Gasteiger partial charge in [0.25, 0.3) is 0 Å². The van der Waals surface area contributed by atoms with E-state index in [1.54, 1.807) is 37.6 Å². The van der Waals surface area contributed by atoms with Crippen LogP contribution in [0.15, 0.2) is 34.3 Å². The van der Waals surface area contributed by atoms with Gasteiger partial charge in [-0.3, -0.25) is 9.59 Å². The monoisotopic (exact) mass is 458 g/mol. The second-order valence-corrected chi connectivity index (χ2v) is 9.14. The van der Waals surface area contributed by atoms with Crippen LogP contribution in [0, 0.1) is 0 Å². The highest BCUT2D eigenvalue weighted by atomic mass is 32.1. The molecule has 0 spiro atoms. The lowest BCUT2D eigenvalue weighted by molar-refractivity contribution is 0.0526. The summed E-state index contributed by atoms with van der Waals surface area (Å²) in [7, 11) is 0. The summed E-state index contributed by atoms with van der Waals surface area (Å²) in [6.45, 7) is 3.96. The third-order valence-corrected chi connectivity index (χ3v) is 6.88. The van der Waals surface area contributed by atoms with Crippen LogP contribution in [0.4, 0.5) is 10.0 Å². The summed E-state index contributed by atoms with van der Waals surface area (Å²) in [5.41, 5.74) is 1.19. The number of carbonyl (C=O) groups is 3. The summed E-state index contributed by atoms with van der Waals surface area (Å²) in [5.74, 6) is -0.432. The molecule has 3 aromatic heterocycles. The van der Waals surface area contributed by atoms with Crippen molar-refractivity contribution in [3.05, 3.63) is 54.9 Å². The zero-order chi connectivity index (χ0) is 21.5. The minimum atomic E-state index is -0.432. The van der Waals surface area contributed by atoms with Crippen molar-refractivity contribution in [2.75, 3.05) is 6.61 Å². The van der Waals surface area contributed by atoms with Crippen molar-refractivity contribution in [1.29, 1.82) is 0 Å². The summed E-state index contributed by atoms with van der Waals surface area (Å²) in [4.78, 5) is 46.3. The van der Waals surface area contributed by atoms with E-state index in [1.807, 2.05) is 13.0 Å². The minimum Gasteiger partial charge on any atom is -0.462 e. The topological polar surface area (TPSA) is 85.2 Å². The molecule has 0 aromatic carbocycles. The molecule has 6 nitrogen and oxygen atoms in total. The molecule has 3 heterocycles. The average molecular weight is 459 g/mol. The summed E-state index contributed by atoms with van der Waals surface area (Å²) >= 11 is 3.96. The fourth-order valence-corrected chi connectivity index (χ4v) is 5.09. The molecule has 3 aromatic rings. The number of esters is 1. The molecule has 0 N–H and O–H groups in total. The van der Waals surface area contributed by atoms with Gasteiger partial charge in [-0.2, -0.15) is 0 Å². The lowest BCUT2D eigenvalue weighted by Gasteiger charge is -2.03. The van der Waals surface area contributed by atoms with Gasteiger partial charge >= 0.3 is 5.97 Å². The van der Waals surface area contributed by atoms with Crippen LogP contribution in [0.2, 0.25) is 0 Å². The number of hydrogen-bond donors (Lipinski definition) is 0. The number of carbonyl (C=O) groups excluding carboxylic acids is 3. The first kappa shape index (κ1) is 21.9. The molecule has 154 valence electrons. The molecular weight excluding hydrogens is 440 g/mol.